The van der Waals surface area contributed by atoms with Gasteiger partial charge in [-0.25, -0.2) is 4.79 Å². The second kappa shape index (κ2) is 6.88. The van der Waals surface area contributed by atoms with Crippen LogP contribution >= 0.6 is 0 Å². The first-order valence-corrected chi connectivity index (χ1v) is 5.38. The molecule has 0 atom stereocenters. The molecule has 0 aliphatic rings. The van der Waals surface area contributed by atoms with E-state index in [1.165, 1.54) is 7.11 Å². The molecule has 0 heterocycles. The highest BCUT2D eigenvalue weighted by atomic mass is 16.5. The van der Waals surface area contributed by atoms with Crippen LogP contribution in [-0.4, -0.2) is 49.6 Å². The molecule has 0 saturated carbocycles. The third-order valence-electron chi connectivity index (χ3n) is 2.39. The number of hydrogen-bond donors (Lipinski definition) is 2. The minimum atomic E-state index is -0.429. The standard InChI is InChI=1S/C12H17NO4/c1-17-12(16)10-4-2-3-5-11(10)13(6-8-14)7-9-15/h2-5,14-15H,6-9H2,1H3. The monoisotopic (exact) mass is 239 g/mol. The van der Waals surface area contributed by atoms with Crippen molar-refractivity contribution >= 4 is 11.7 Å². The van der Waals surface area contributed by atoms with Crippen LogP contribution in [0.1, 0.15) is 10.4 Å². The van der Waals surface area contributed by atoms with E-state index in [-0.39, 0.29) is 13.2 Å². The Hall–Kier alpha value is -1.59. The molecule has 0 bridgehead atoms. The van der Waals surface area contributed by atoms with Crippen LogP contribution in [0.25, 0.3) is 0 Å². The molecule has 0 saturated heterocycles. The summed E-state index contributed by atoms with van der Waals surface area (Å²) in [5, 5.41) is 17.9. The summed E-state index contributed by atoms with van der Waals surface area (Å²) in [6, 6.07) is 6.95. The topological polar surface area (TPSA) is 70.0 Å². The van der Waals surface area contributed by atoms with Crippen LogP contribution < -0.4 is 4.90 Å². The summed E-state index contributed by atoms with van der Waals surface area (Å²) in [6.07, 6.45) is 0. The summed E-state index contributed by atoms with van der Waals surface area (Å²) < 4.78 is 4.69. The van der Waals surface area contributed by atoms with Gasteiger partial charge in [0.2, 0.25) is 0 Å². The average molecular weight is 239 g/mol. The van der Waals surface area contributed by atoms with Gasteiger partial charge in [0.15, 0.2) is 0 Å². The number of nitrogens with zero attached hydrogens (tertiary/aromatic N) is 1. The zero-order valence-corrected chi connectivity index (χ0v) is 9.80. The third kappa shape index (κ3) is 3.44. The van der Waals surface area contributed by atoms with Gasteiger partial charge in [0.05, 0.1) is 31.6 Å². The van der Waals surface area contributed by atoms with Crippen molar-refractivity contribution in [2.45, 2.75) is 0 Å². The molecule has 5 heteroatoms. The molecule has 0 unspecified atom stereocenters. The Balaban J connectivity index is 3.04. The highest BCUT2D eigenvalue weighted by Gasteiger charge is 2.15. The van der Waals surface area contributed by atoms with Crippen LogP contribution in [-0.2, 0) is 4.74 Å². The van der Waals surface area contributed by atoms with Crippen molar-refractivity contribution in [3.63, 3.8) is 0 Å². The smallest absolute Gasteiger partial charge is 0.339 e. The zero-order valence-electron chi connectivity index (χ0n) is 9.80. The number of anilines is 1. The van der Waals surface area contributed by atoms with Crippen LogP contribution in [0.3, 0.4) is 0 Å². The molecule has 5 nitrogen and oxygen atoms in total. The van der Waals surface area contributed by atoms with Crippen LogP contribution in [0.4, 0.5) is 5.69 Å². The summed E-state index contributed by atoms with van der Waals surface area (Å²) in [5.74, 6) is -0.429. The molecule has 17 heavy (non-hydrogen) atoms. The predicted octanol–water partition coefficient (Wildman–Crippen LogP) is 0.264. The molecule has 0 aliphatic heterocycles. The predicted molar refractivity (Wildman–Crippen MR) is 64.2 cm³/mol. The largest absolute Gasteiger partial charge is 0.465 e. The maximum Gasteiger partial charge on any atom is 0.339 e. The van der Waals surface area contributed by atoms with Crippen LogP contribution in [0.2, 0.25) is 0 Å². The van der Waals surface area contributed by atoms with E-state index < -0.39 is 5.97 Å². The van der Waals surface area contributed by atoms with E-state index >= 15 is 0 Å². The molecular weight excluding hydrogens is 222 g/mol. The number of ether oxygens (including phenoxy) is 1. The van der Waals surface area contributed by atoms with Crippen molar-refractivity contribution in [2.24, 2.45) is 0 Å². The van der Waals surface area contributed by atoms with Gasteiger partial charge in [0, 0.05) is 13.1 Å². The molecule has 0 amide bonds. The lowest BCUT2D eigenvalue weighted by atomic mass is 10.1. The normalized spacial score (nSPS) is 10.1. The summed E-state index contributed by atoms with van der Waals surface area (Å²) in [4.78, 5) is 13.3. The van der Waals surface area contributed by atoms with Gasteiger partial charge in [0.1, 0.15) is 0 Å². The van der Waals surface area contributed by atoms with Crippen molar-refractivity contribution in [2.75, 3.05) is 38.3 Å². The Kier molecular flexibility index (Phi) is 5.45. The summed E-state index contributed by atoms with van der Waals surface area (Å²) >= 11 is 0. The molecule has 1 rings (SSSR count). The number of rotatable bonds is 6. The van der Waals surface area contributed by atoms with Gasteiger partial charge in [-0.2, -0.15) is 0 Å². The van der Waals surface area contributed by atoms with Crippen molar-refractivity contribution in [3.8, 4) is 0 Å². The van der Waals surface area contributed by atoms with Gasteiger partial charge >= 0.3 is 5.97 Å². The number of aliphatic hydroxyl groups excluding tert-OH is 2. The zero-order chi connectivity index (χ0) is 12.7. The highest BCUT2D eigenvalue weighted by Crippen LogP contribution is 2.20. The number of carbonyl (C=O) groups is 1. The molecule has 0 fully saturated rings. The molecular formula is C12H17NO4. The first kappa shape index (κ1) is 13.5. The van der Waals surface area contributed by atoms with Crippen LogP contribution in [0, 0.1) is 0 Å². The van der Waals surface area contributed by atoms with Gasteiger partial charge in [-0.3, -0.25) is 0 Å². The summed E-state index contributed by atoms with van der Waals surface area (Å²) in [7, 11) is 1.32. The van der Waals surface area contributed by atoms with E-state index in [1.807, 2.05) is 0 Å². The molecule has 0 aliphatic carbocycles. The average Bonchev–Trinajstić information content (AvgIpc) is 2.37. The van der Waals surface area contributed by atoms with Gasteiger partial charge in [-0.1, -0.05) is 12.1 Å². The maximum absolute atomic E-state index is 11.6. The van der Waals surface area contributed by atoms with E-state index in [4.69, 9.17) is 14.9 Å². The number of aliphatic hydroxyl groups is 2. The minimum Gasteiger partial charge on any atom is -0.465 e. The van der Waals surface area contributed by atoms with Crippen molar-refractivity contribution in [3.05, 3.63) is 29.8 Å². The Morgan fingerprint density at radius 2 is 1.82 bits per heavy atom. The van der Waals surface area contributed by atoms with Crippen molar-refractivity contribution in [1.82, 2.24) is 0 Å². The Morgan fingerprint density at radius 3 is 2.35 bits per heavy atom. The Bertz CT molecular complexity index is 361. The number of methoxy groups -OCH3 is 1. The second-order valence-electron chi connectivity index (χ2n) is 3.44. The number of hydrogen-bond acceptors (Lipinski definition) is 5. The highest BCUT2D eigenvalue weighted by molar-refractivity contribution is 5.95. The lowest BCUT2D eigenvalue weighted by Crippen LogP contribution is -2.31. The van der Waals surface area contributed by atoms with Gasteiger partial charge in [0.25, 0.3) is 0 Å². The first-order chi connectivity index (χ1) is 8.24. The Morgan fingerprint density at radius 1 is 1.24 bits per heavy atom. The molecule has 1 aromatic carbocycles. The second-order valence-corrected chi connectivity index (χ2v) is 3.44. The van der Waals surface area contributed by atoms with Gasteiger partial charge in [-0.15, -0.1) is 0 Å². The van der Waals surface area contributed by atoms with E-state index in [0.717, 1.165) is 0 Å². The van der Waals surface area contributed by atoms with Crippen molar-refractivity contribution in [1.29, 1.82) is 0 Å². The van der Waals surface area contributed by atoms with Crippen molar-refractivity contribution < 1.29 is 19.7 Å². The van der Waals surface area contributed by atoms with E-state index in [1.54, 1.807) is 29.2 Å². The molecule has 0 aromatic heterocycles. The quantitative estimate of drug-likeness (QED) is 0.697. The fourth-order valence-electron chi connectivity index (χ4n) is 1.63. The van der Waals surface area contributed by atoms with E-state index in [9.17, 15) is 4.79 Å². The maximum atomic E-state index is 11.6. The van der Waals surface area contributed by atoms with E-state index in [0.29, 0.717) is 24.3 Å². The lowest BCUT2D eigenvalue weighted by molar-refractivity contribution is 0.0601. The molecule has 94 valence electrons. The lowest BCUT2D eigenvalue weighted by Gasteiger charge is -2.24. The number of esters is 1. The fraction of sp³-hybridized carbons (Fsp3) is 0.417. The van der Waals surface area contributed by atoms with E-state index in [2.05, 4.69) is 0 Å². The van der Waals surface area contributed by atoms with Crippen LogP contribution in [0.5, 0.6) is 0 Å². The number of para-hydroxylation sites is 1. The summed E-state index contributed by atoms with van der Waals surface area (Å²) in [6.45, 7) is 0.619. The summed E-state index contributed by atoms with van der Waals surface area (Å²) in [5.41, 5.74) is 1.08. The molecule has 0 radical (unpaired) electrons. The van der Waals surface area contributed by atoms with Gasteiger partial charge in [-0.05, 0) is 12.1 Å². The molecule has 2 N–H and O–H groups in total. The fourth-order valence-corrected chi connectivity index (χ4v) is 1.63. The first-order valence-electron chi connectivity index (χ1n) is 5.38. The van der Waals surface area contributed by atoms with Crippen LogP contribution in [0.15, 0.2) is 24.3 Å². The third-order valence-corrected chi connectivity index (χ3v) is 2.39. The Labute approximate surface area is 100 Å². The minimum absolute atomic E-state index is 0.0461. The van der Waals surface area contributed by atoms with Gasteiger partial charge < -0.3 is 19.8 Å². The number of benzene rings is 1. The SMILES string of the molecule is COC(=O)c1ccccc1N(CCO)CCO. The molecule has 0 spiro atoms. The number of carbonyl (C=O) groups excluding carboxylic acids is 1. The molecule has 1 aromatic rings.